The Morgan fingerprint density at radius 2 is 2.23 bits per heavy atom. The van der Waals surface area contributed by atoms with Crippen LogP contribution in [-0.2, 0) is 0 Å². The lowest BCUT2D eigenvalue weighted by Gasteiger charge is -2.03. The van der Waals surface area contributed by atoms with Gasteiger partial charge in [0, 0.05) is 10.5 Å². The molecule has 2 nitrogen and oxygen atoms in total. The maximum absolute atomic E-state index is 12.6. The van der Waals surface area contributed by atoms with Gasteiger partial charge in [0.15, 0.2) is 5.78 Å². The zero-order valence-electron chi connectivity index (χ0n) is 6.35. The maximum Gasteiger partial charge on any atom is 0.182 e. The summed E-state index contributed by atoms with van der Waals surface area (Å²) < 4.78 is 12.8. The van der Waals surface area contributed by atoms with Crippen molar-refractivity contribution in [1.29, 1.82) is 0 Å². The molecule has 0 aliphatic rings. The molecule has 70 valence electrons. The van der Waals surface area contributed by atoms with Gasteiger partial charge < -0.3 is 5.11 Å². The van der Waals surface area contributed by atoms with Gasteiger partial charge in [0.1, 0.15) is 11.6 Å². The van der Waals surface area contributed by atoms with Crippen LogP contribution in [0.3, 0.4) is 0 Å². The lowest BCUT2D eigenvalue weighted by molar-refractivity contribution is 0.101. The molecule has 0 heterocycles. The fourth-order valence-corrected chi connectivity index (χ4v) is 1.68. The van der Waals surface area contributed by atoms with Crippen LogP contribution in [0.1, 0.15) is 10.4 Å². The van der Waals surface area contributed by atoms with E-state index in [-0.39, 0.29) is 15.9 Å². The first kappa shape index (κ1) is 10.5. The molecule has 0 amide bonds. The predicted molar refractivity (Wildman–Crippen MR) is 50.8 cm³/mol. The SMILES string of the molecule is O=C(CCl)c1c(O)cc(F)cc1Br. The van der Waals surface area contributed by atoms with E-state index >= 15 is 0 Å². The standard InChI is InChI=1S/C8H5BrClFO2/c9-5-1-4(11)2-6(12)8(5)7(13)3-10/h1-2,12H,3H2. The first-order valence-electron chi connectivity index (χ1n) is 3.33. The number of hydrogen-bond acceptors (Lipinski definition) is 2. The van der Waals surface area contributed by atoms with E-state index in [4.69, 9.17) is 11.6 Å². The van der Waals surface area contributed by atoms with Crippen molar-refractivity contribution >= 4 is 33.3 Å². The Hall–Kier alpha value is -0.610. The Bertz CT molecular complexity index is 331. The topological polar surface area (TPSA) is 37.3 Å². The van der Waals surface area contributed by atoms with Crippen LogP contribution in [0.5, 0.6) is 5.75 Å². The van der Waals surface area contributed by atoms with Crippen LogP contribution in [0.4, 0.5) is 4.39 Å². The van der Waals surface area contributed by atoms with Crippen LogP contribution in [0.2, 0.25) is 0 Å². The molecular weight excluding hydrogens is 262 g/mol. The van der Waals surface area contributed by atoms with E-state index < -0.39 is 17.3 Å². The van der Waals surface area contributed by atoms with Gasteiger partial charge in [0.2, 0.25) is 0 Å². The molecule has 0 fully saturated rings. The summed E-state index contributed by atoms with van der Waals surface area (Å²) in [7, 11) is 0. The minimum absolute atomic E-state index is 0.0106. The number of aromatic hydroxyl groups is 1. The highest BCUT2D eigenvalue weighted by molar-refractivity contribution is 9.10. The van der Waals surface area contributed by atoms with Gasteiger partial charge in [-0.3, -0.25) is 4.79 Å². The molecule has 1 aromatic carbocycles. The number of carbonyl (C=O) groups is 1. The minimum atomic E-state index is -0.615. The molecule has 1 rings (SSSR count). The Morgan fingerprint density at radius 1 is 1.62 bits per heavy atom. The second-order valence-corrected chi connectivity index (χ2v) is 3.46. The molecule has 0 aliphatic heterocycles. The average Bonchev–Trinajstić information content (AvgIpc) is 2.02. The third-order valence-electron chi connectivity index (χ3n) is 1.43. The molecule has 0 bridgehead atoms. The predicted octanol–water partition coefficient (Wildman–Crippen LogP) is 2.72. The third-order valence-corrected chi connectivity index (χ3v) is 2.30. The maximum atomic E-state index is 12.6. The first-order valence-corrected chi connectivity index (χ1v) is 4.66. The highest BCUT2D eigenvalue weighted by Crippen LogP contribution is 2.27. The van der Waals surface area contributed by atoms with Crippen molar-refractivity contribution in [2.75, 3.05) is 5.88 Å². The molecule has 0 unspecified atom stereocenters. The van der Waals surface area contributed by atoms with E-state index in [0.29, 0.717) is 0 Å². The summed E-state index contributed by atoms with van der Waals surface area (Å²) in [6.45, 7) is 0. The zero-order valence-corrected chi connectivity index (χ0v) is 8.69. The summed E-state index contributed by atoms with van der Waals surface area (Å²) in [6, 6.07) is 1.96. The first-order chi connectivity index (χ1) is 6.06. The summed E-state index contributed by atoms with van der Waals surface area (Å²) in [5.41, 5.74) is 0.0106. The minimum Gasteiger partial charge on any atom is -0.507 e. The lowest BCUT2D eigenvalue weighted by Crippen LogP contribution is -2.02. The second-order valence-electron chi connectivity index (χ2n) is 2.34. The highest BCUT2D eigenvalue weighted by atomic mass is 79.9. The third kappa shape index (κ3) is 2.19. The summed E-state index contributed by atoms with van der Waals surface area (Å²) >= 11 is 8.25. The number of alkyl halides is 1. The van der Waals surface area contributed by atoms with Gasteiger partial charge in [-0.2, -0.15) is 0 Å². The van der Waals surface area contributed by atoms with Crippen molar-refractivity contribution in [1.82, 2.24) is 0 Å². The van der Waals surface area contributed by atoms with Crippen molar-refractivity contribution < 1.29 is 14.3 Å². The van der Waals surface area contributed by atoms with Crippen molar-refractivity contribution in [2.45, 2.75) is 0 Å². The van der Waals surface area contributed by atoms with E-state index in [1.54, 1.807) is 0 Å². The molecule has 0 spiro atoms. The van der Waals surface area contributed by atoms with Crippen LogP contribution >= 0.6 is 27.5 Å². The van der Waals surface area contributed by atoms with Crippen LogP contribution < -0.4 is 0 Å². The molecule has 13 heavy (non-hydrogen) atoms. The average molecular weight is 267 g/mol. The van der Waals surface area contributed by atoms with Crippen molar-refractivity contribution in [2.24, 2.45) is 0 Å². The molecule has 0 atom stereocenters. The fraction of sp³-hybridized carbons (Fsp3) is 0.125. The van der Waals surface area contributed by atoms with Crippen LogP contribution in [0.25, 0.3) is 0 Å². The van der Waals surface area contributed by atoms with Crippen molar-refractivity contribution in [3.05, 3.63) is 28.0 Å². The number of hydrogen-bond donors (Lipinski definition) is 1. The van der Waals surface area contributed by atoms with Gasteiger partial charge in [-0.25, -0.2) is 4.39 Å². The molecule has 0 aromatic heterocycles. The van der Waals surface area contributed by atoms with Crippen molar-refractivity contribution in [3.63, 3.8) is 0 Å². The molecule has 0 saturated heterocycles. The van der Waals surface area contributed by atoms with Gasteiger partial charge in [0.25, 0.3) is 0 Å². The monoisotopic (exact) mass is 266 g/mol. The number of rotatable bonds is 2. The number of benzene rings is 1. The van der Waals surface area contributed by atoms with Gasteiger partial charge in [-0.1, -0.05) is 0 Å². The van der Waals surface area contributed by atoms with Gasteiger partial charge in [-0.05, 0) is 22.0 Å². The zero-order chi connectivity index (χ0) is 10.0. The van der Waals surface area contributed by atoms with Crippen LogP contribution in [-0.4, -0.2) is 16.8 Å². The van der Waals surface area contributed by atoms with E-state index in [9.17, 15) is 14.3 Å². The van der Waals surface area contributed by atoms with Crippen LogP contribution in [0, 0.1) is 5.82 Å². The Balaban J connectivity index is 3.28. The number of phenols is 1. The summed E-state index contributed by atoms with van der Waals surface area (Å²) in [4.78, 5) is 11.1. The number of ketones is 1. The lowest BCUT2D eigenvalue weighted by atomic mass is 10.1. The Morgan fingerprint density at radius 3 is 2.69 bits per heavy atom. The molecule has 1 N–H and O–H groups in total. The van der Waals surface area contributed by atoms with E-state index in [2.05, 4.69) is 15.9 Å². The van der Waals surface area contributed by atoms with Gasteiger partial charge >= 0.3 is 0 Å². The van der Waals surface area contributed by atoms with Gasteiger partial charge in [0.05, 0.1) is 11.4 Å². The summed E-state index contributed by atoms with van der Waals surface area (Å²) in [5.74, 6) is -1.73. The van der Waals surface area contributed by atoms with Crippen molar-refractivity contribution in [3.8, 4) is 5.75 Å². The quantitative estimate of drug-likeness (QED) is 0.661. The molecule has 0 saturated carbocycles. The fourth-order valence-electron chi connectivity index (χ4n) is 0.903. The highest BCUT2D eigenvalue weighted by Gasteiger charge is 2.15. The smallest absolute Gasteiger partial charge is 0.182 e. The molecule has 0 aliphatic carbocycles. The number of Topliss-reactive ketones (excluding diaryl/α,β-unsaturated/α-hetero) is 1. The molecule has 1 aromatic rings. The molecule has 5 heteroatoms. The molecular formula is C8H5BrClFO2. The summed E-state index contributed by atoms with van der Waals surface area (Å²) in [6.07, 6.45) is 0. The Labute approximate surface area is 87.5 Å². The number of phenolic OH excluding ortho intramolecular Hbond substituents is 1. The number of halogens is 3. The van der Waals surface area contributed by atoms with Gasteiger partial charge in [-0.15, -0.1) is 11.6 Å². The second kappa shape index (κ2) is 4.07. The Kier molecular flexibility index (Phi) is 3.27. The van der Waals surface area contributed by atoms with E-state index in [1.807, 2.05) is 0 Å². The molecule has 0 radical (unpaired) electrons. The largest absolute Gasteiger partial charge is 0.507 e. The summed E-state index contributed by atoms with van der Waals surface area (Å²) in [5, 5.41) is 9.22. The number of carbonyl (C=O) groups excluding carboxylic acids is 1. The normalized spacial score (nSPS) is 10.1. The van der Waals surface area contributed by atoms with E-state index in [0.717, 1.165) is 12.1 Å². The van der Waals surface area contributed by atoms with E-state index in [1.165, 1.54) is 0 Å². The van der Waals surface area contributed by atoms with Crippen LogP contribution in [0.15, 0.2) is 16.6 Å².